The fraction of sp³-hybridized carbons (Fsp3) is 0.385. The van der Waals surface area contributed by atoms with Crippen molar-refractivity contribution in [3.8, 4) is 0 Å². The number of piperidine rings is 1. The zero-order chi connectivity index (χ0) is 14.0. The minimum atomic E-state index is -0.872. The van der Waals surface area contributed by atoms with Crippen LogP contribution in [-0.4, -0.2) is 28.4 Å². The highest BCUT2D eigenvalue weighted by atomic mass is 35.5. The van der Waals surface area contributed by atoms with E-state index in [1.807, 2.05) is 0 Å². The van der Waals surface area contributed by atoms with Gasteiger partial charge in [-0.05, 0) is 18.6 Å². The first-order valence-corrected chi connectivity index (χ1v) is 6.68. The average molecular weight is 302 g/mol. The zero-order valence-electron chi connectivity index (χ0n) is 10.1. The van der Waals surface area contributed by atoms with Crippen molar-refractivity contribution in [1.29, 1.82) is 0 Å². The van der Waals surface area contributed by atoms with Gasteiger partial charge in [0.05, 0.1) is 5.92 Å². The Morgan fingerprint density at radius 3 is 2.58 bits per heavy atom. The maximum Gasteiger partial charge on any atom is 0.308 e. The normalized spacial score (nSPS) is 19.6. The molecule has 1 aliphatic heterocycles. The van der Waals surface area contributed by atoms with Crippen LogP contribution in [0, 0.1) is 5.92 Å². The van der Waals surface area contributed by atoms with Crippen LogP contribution < -0.4 is 0 Å². The molecule has 2 rings (SSSR count). The predicted octanol–water partition coefficient (Wildman–Crippen LogP) is 2.82. The Bertz CT molecular complexity index is 498. The smallest absolute Gasteiger partial charge is 0.308 e. The van der Waals surface area contributed by atoms with E-state index in [9.17, 15) is 9.59 Å². The SMILES string of the molecule is O=C(O)C1CCC(=O)N(Cc2c(Cl)cccc2Cl)C1. The van der Waals surface area contributed by atoms with E-state index in [1.165, 1.54) is 4.90 Å². The maximum atomic E-state index is 11.8. The van der Waals surface area contributed by atoms with Crippen LogP contribution in [0.2, 0.25) is 10.0 Å². The molecule has 1 aliphatic rings. The van der Waals surface area contributed by atoms with Crippen molar-refractivity contribution in [2.45, 2.75) is 19.4 Å². The first-order chi connectivity index (χ1) is 8.99. The summed E-state index contributed by atoms with van der Waals surface area (Å²) < 4.78 is 0. The number of aliphatic carboxylic acids is 1. The van der Waals surface area contributed by atoms with E-state index in [2.05, 4.69) is 0 Å². The quantitative estimate of drug-likeness (QED) is 0.934. The molecular formula is C13H13Cl2NO3. The molecule has 1 aromatic carbocycles. The molecule has 19 heavy (non-hydrogen) atoms. The van der Waals surface area contributed by atoms with Crippen LogP contribution in [0.4, 0.5) is 0 Å². The molecule has 1 saturated heterocycles. The van der Waals surface area contributed by atoms with E-state index in [-0.39, 0.29) is 25.4 Å². The molecule has 1 fully saturated rings. The molecule has 0 saturated carbocycles. The van der Waals surface area contributed by atoms with Gasteiger partial charge in [-0.2, -0.15) is 0 Å². The summed E-state index contributed by atoms with van der Waals surface area (Å²) in [5.74, 6) is -1.45. The zero-order valence-corrected chi connectivity index (χ0v) is 11.6. The van der Waals surface area contributed by atoms with E-state index < -0.39 is 11.9 Å². The van der Waals surface area contributed by atoms with Crippen molar-refractivity contribution in [2.24, 2.45) is 5.92 Å². The van der Waals surface area contributed by atoms with Gasteiger partial charge < -0.3 is 10.0 Å². The largest absolute Gasteiger partial charge is 0.481 e. The Morgan fingerprint density at radius 2 is 2.00 bits per heavy atom. The van der Waals surface area contributed by atoms with Crippen LogP contribution in [0.1, 0.15) is 18.4 Å². The molecular weight excluding hydrogens is 289 g/mol. The molecule has 0 aromatic heterocycles. The van der Waals surface area contributed by atoms with Gasteiger partial charge in [-0.25, -0.2) is 0 Å². The number of carboxylic acid groups (broad SMARTS) is 1. The number of hydrogen-bond acceptors (Lipinski definition) is 2. The molecule has 1 amide bonds. The van der Waals surface area contributed by atoms with Crippen LogP contribution in [0.5, 0.6) is 0 Å². The lowest BCUT2D eigenvalue weighted by Gasteiger charge is -2.31. The molecule has 1 unspecified atom stereocenters. The Morgan fingerprint density at radius 1 is 1.37 bits per heavy atom. The first-order valence-electron chi connectivity index (χ1n) is 5.92. The highest BCUT2D eigenvalue weighted by Crippen LogP contribution is 2.28. The summed E-state index contributed by atoms with van der Waals surface area (Å²) >= 11 is 12.1. The van der Waals surface area contributed by atoms with Crippen LogP contribution >= 0.6 is 23.2 Å². The van der Waals surface area contributed by atoms with Crippen LogP contribution in [-0.2, 0) is 16.1 Å². The fourth-order valence-corrected chi connectivity index (χ4v) is 2.66. The van der Waals surface area contributed by atoms with Crippen molar-refractivity contribution in [3.63, 3.8) is 0 Å². The number of carbonyl (C=O) groups is 2. The Balaban J connectivity index is 2.17. The van der Waals surface area contributed by atoms with Gasteiger partial charge in [0.2, 0.25) is 5.91 Å². The molecule has 0 aliphatic carbocycles. The summed E-state index contributed by atoms with van der Waals surface area (Å²) in [6.45, 7) is 0.455. The second-order valence-corrected chi connectivity index (χ2v) is 5.36. The number of hydrogen-bond donors (Lipinski definition) is 1. The van der Waals surface area contributed by atoms with Crippen molar-refractivity contribution >= 4 is 35.1 Å². The lowest BCUT2D eigenvalue weighted by molar-refractivity contribution is -0.147. The lowest BCUT2D eigenvalue weighted by atomic mass is 9.97. The van der Waals surface area contributed by atoms with Gasteiger partial charge in [0.1, 0.15) is 0 Å². The highest BCUT2D eigenvalue weighted by Gasteiger charge is 2.30. The molecule has 1 atom stereocenters. The molecule has 102 valence electrons. The van der Waals surface area contributed by atoms with Crippen molar-refractivity contribution < 1.29 is 14.7 Å². The maximum absolute atomic E-state index is 11.8. The number of benzene rings is 1. The summed E-state index contributed by atoms with van der Waals surface area (Å²) in [5.41, 5.74) is 0.658. The van der Waals surface area contributed by atoms with Gasteiger partial charge in [0.25, 0.3) is 0 Å². The third-order valence-electron chi connectivity index (χ3n) is 3.26. The monoisotopic (exact) mass is 301 g/mol. The predicted molar refractivity (Wildman–Crippen MR) is 72.2 cm³/mol. The number of likely N-dealkylation sites (tertiary alicyclic amines) is 1. The van der Waals surface area contributed by atoms with Gasteiger partial charge >= 0.3 is 5.97 Å². The van der Waals surface area contributed by atoms with Crippen molar-refractivity contribution in [1.82, 2.24) is 4.90 Å². The van der Waals surface area contributed by atoms with E-state index in [0.717, 1.165) is 0 Å². The van der Waals surface area contributed by atoms with E-state index in [4.69, 9.17) is 28.3 Å². The molecule has 6 heteroatoms. The van der Waals surface area contributed by atoms with E-state index in [0.29, 0.717) is 22.0 Å². The van der Waals surface area contributed by atoms with E-state index in [1.54, 1.807) is 18.2 Å². The second kappa shape index (κ2) is 5.80. The van der Waals surface area contributed by atoms with Gasteiger partial charge in [-0.15, -0.1) is 0 Å². The number of amides is 1. The van der Waals surface area contributed by atoms with Crippen molar-refractivity contribution in [2.75, 3.05) is 6.54 Å². The number of halogens is 2. The lowest BCUT2D eigenvalue weighted by Crippen LogP contribution is -2.42. The first kappa shape index (κ1) is 14.2. The fourth-order valence-electron chi connectivity index (χ4n) is 2.14. The Hall–Kier alpha value is -1.26. The third-order valence-corrected chi connectivity index (χ3v) is 3.97. The summed E-state index contributed by atoms with van der Waals surface area (Å²) in [5, 5.41) is 10.00. The molecule has 4 nitrogen and oxygen atoms in total. The molecule has 0 spiro atoms. The molecule has 1 heterocycles. The Kier molecular flexibility index (Phi) is 4.32. The third kappa shape index (κ3) is 3.19. The van der Waals surface area contributed by atoms with Crippen LogP contribution in [0.25, 0.3) is 0 Å². The molecule has 1 aromatic rings. The van der Waals surface area contributed by atoms with Gasteiger partial charge in [-0.3, -0.25) is 9.59 Å². The summed E-state index contributed by atoms with van der Waals surface area (Å²) in [6.07, 6.45) is 0.639. The van der Waals surface area contributed by atoms with Gasteiger partial charge in [0.15, 0.2) is 0 Å². The summed E-state index contributed by atoms with van der Waals surface area (Å²) in [7, 11) is 0. The molecule has 1 N–H and O–H groups in total. The number of nitrogens with zero attached hydrogens (tertiary/aromatic N) is 1. The van der Waals surface area contributed by atoms with Crippen molar-refractivity contribution in [3.05, 3.63) is 33.8 Å². The Labute approximate surface area is 120 Å². The molecule has 0 radical (unpaired) electrons. The topological polar surface area (TPSA) is 57.6 Å². The van der Waals surface area contributed by atoms with Gasteiger partial charge in [-0.1, -0.05) is 29.3 Å². The average Bonchev–Trinajstić information content (AvgIpc) is 2.35. The highest BCUT2D eigenvalue weighted by molar-refractivity contribution is 6.36. The van der Waals surface area contributed by atoms with E-state index >= 15 is 0 Å². The number of carbonyl (C=O) groups excluding carboxylic acids is 1. The minimum absolute atomic E-state index is 0.0616. The second-order valence-electron chi connectivity index (χ2n) is 4.55. The summed E-state index contributed by atoms with van der Waals surface area (Å²) in [4.78, 5) is 24.3. The van der Waals surface area contributed by atoms with Crippen LogP contribution in [0.3, 0.4) is 0 Å². The molecule has 0 bridgehead atoms. The van der Waals surface area contributed by atoms with Gasteiger partial charge in [0, 0.05) is 35.1 Å². The standard InChI is InChI=1S/C13H13Cl2NO3/c14-10-2-1-3-11(15)9(10)7-16-6-8(13(18)19)4-5-12(16)17/h1-3,8H,4-7H2,(H,18,19). The number of carboxylic acids is 1. The minimum Gasteiger partial charge on any atom is -0.481 e. The van der Waals surface area contributed by atoms with Crippen LogP contribution in [0.15, 0.2) is 18.2 Å². The summed E-state index contributed by atoms with van der Waals surface area (Å²) in [6, 6.07) is 5.13. The number of rotatable bonds is 3.